The number of morpholine rings is 1. The molecule has 1 fully saturated rings. The van der Waals surface area contributed by atoms with Gasteiger partial charge in [0.05, 0.1) is 13.2 Å². The lowest BCUT2D eigenvalue weighted by molar-refractivity contribution is -0.0498. The summed E-state index contributed by atoms with van der Waals surface area (Å²) in [5.41, 5.74) is 7.40. The van der Waals surface area contributed by atoms with Crippen molar-refractivity contribution < 1.29 is 18.3 Å². The molecule has 1 aliphatic heterocycles. The zero-order valence-electron chi connectivity index (χ0n) is 12.3. The molecule has 1 aromatic heterocycles. The number of benzene rings is 1. The van der Waals surface area contributed by atoms with Crippen molar-refractivity contribution in [2.24, 2.45) is 0 Å². The lowest BCUT2D eigenvalue weighted by Gasteiger charge is -2.26. The Bertz CT molecular complexity index is 661. The van der Waals surface area contributed by atoms with E-state index in [1.807, 2.05) is 4.90 Å². The van der Waals surface area contributed by atoms with Gasteiger partial charge in [0, 0.05) is 24.8 Å². The molecule has 122 valence electrons. The zero-order chi connectivity index (χ0) is 16.2. The fourth-order valence-electron chi connectivity index (χ4n) is 2.34. The molecule has 23 heavy (non-hydrogen) atoms. The highest BCUT2D eigenvalue weighted by Crippen LogP contribution is 2.27. The Labute approximate surface area is 131 Å². The second kappa shape index (κ2) is 6.74. The van der Waals surface area contributed by atoms with E-state index in [1.165, 1.54) is 12.1 Å². The summed E-state index contributed by atoms with van der Waals surface area (Å²) in [4.78, 5) is 10.7. The molecule has 2 aromatic rings. The molecule has 0 radical (unpaired) electrons. The van der Waals surface area contributed by atoms with Crippen LogP contribution >= 0.6 is 0 Å². The van der Waals surface area contributed by atoms with Crippen molar-refractivity contribution in [3.05, 3.63) is 30.5 Å². The van der Waals surface area contributed by atoms with Gasteiger partial charge in [0.2, 0.25) is 5.95 Å². The SMILES string of the molecule is Nc1nc(N2CCOCC2)ncc1-c1ccc(OC(F)F)cc1. The first-order chi connectivity index (χ1) is 11.1. The highest BCUT2D eigenvalue weighted by Gasteiger charge is 2.15. The first-order valence-corrected chi connectivity index (χ1v) is 7.14. The highest BCUT2D eigenvalue weighted by atomic mass is 19.3. The molecule has 3 rings (SSSR count). The van der Waals surface area contributed by atoms with E-state index in [-0.39, 0.29) is 5.75 Å². The summed E-state index contributed by atoms with van der Waals surface area (Å²) in [5.74, 6) is 0.990. The Balaban J connectivity index is 1.80. The van der Waals surface area contributed by atoms with E-state index in [0.29, 0.717) is 30.5 Å². The van der Waals surface area contributed by atoms with E-state index < -0.39 is 6.61 Å². The fourth-order valence-corrected chi connectivity index (χ4v) is 2.34. The molecule has 2 heterocycles. The van der Waals surface area contributed by atoms with Crippen molar-refractivity contribution in [3.8, 4) is 16.9 Å². The third kappa shape index (κ3) is 3.65. The minimum Gasteiger partial charge on any atom is -0.435 e. The number of alkyl halides is 2. The van der Waals surface area contributed by atoms with Gasteiger partial charge in [-0.1, -0.05) is 12.1 Å². The number of hydrogen-bond donors (Lipinski definition) is 1. The fraction of sp³-hybridized carbons (Fsp3) is 0.333. The van der Waals surface area contributed by atoms with Crippen LogP contribution in [0.25, 0.3) is 11.1 Å². The monoisotopic (exact) mass is 322 g/mol. The minimum atomic E-state index is -2.85. The van der Waals surface area contributed by atoms with Gasteiger partial charge >= 0.3 is 6.61 Å². The average molecular weight is 322 g/mol. The molecule has 1 aliphatic rings. The molecular formula is C15H16F2N4O2. The van der Waals surface area contributed by atoms with Crippen molar-refractivity contribution in [1.82, 2.24) is 9.97 Å². The smallest absolute Gasteiger partial charge is 0.387 e. The highest BCUT2D eigenvalue weighted by molar-refractivity contribution is 5.74. The number of rotatable bonds is 4. The number of ether oxygens (including phenoxy) is 2. The number of hydrogen-bond acceptors (Lipinski definition) is 6. The van der Waals surface area contributed by atoms with Crippen LogP contribution in [0.4, 0.5) is 20.5 Å². The van der Waals surface area contributed by atoms with Gasteiger partial charge in [-0.25, -0.2) is 4.98 Å². The molecule has 0 amide bonds. The summed E-state index contributed by atoms with van der Waals surface area (Å²) >= 11 is 0. The molecule has 2 N–H and O–H groups in total. The molecule has 8 heteroatoms. The van der Waals surface area contributed by atoms with Crippen molar-refractivity contribution in [2.75, 3.05) is 36.9 Å². The van der Waals surface area contributed by atoms with E-state index in [2.05, 4.69) is 14.7 Å². The van der Waals surface area contributed by atoms with Crippen LogP contribution in [0.2, 0.25) is 0 Å². The summed E-state index contributed by atoms with van der Waals surface area (Å²) in [7, 11) is 0. The topological polar surface area (TPSA) is 73.5 Å². The standard InChI is InChI=1S/C15H16F2N4O2/c16-14(17)23-11-3-1-10(2-4-11)12-9-19-15(20-13(12)18)21-5-7-22-8-6-21/h1-4,9,14H,5-8H2,(H2,18,19,20). The summed E-state index contributed by atoms with van der Waals surface area (Å²) in [6.07, 6.45) is 1.64. The molecule has 1 aromatic carbocycles. The molecule has 0 aliphatic carbocycles. The van der Waals surface area contributed by atoms with Gasteiger partial charge in [-0.15, -0.1) is 0 Å². The summed E-state index contributed by atoms with van der Waals surface area (Å²) in [6, 6.07) is 6.19. The maximum atomic E-state index is 12.2. The molecule has 0 bridgehead atoms. The van der Waals surface area contributed by atoms with E-state index in [9.17, 15) is 8.78 Å². The van der Waals surface area contributed by atoms with Crippen molar-refractivity contribution in [1.29, 1.82) is 0 Å². The van der Waals surface area contributed by atoms with Crippen LogP contribution in [0, 0.1) is 0 Å². The van der Waals surface area contributed by atoms with Crippen LogP contribution in [0.3, 0.4) is 0 Å². The quantitative estimate of drug-likeness (QED) is 0.930. The van der Waals surface area contributed by atoms with Crippen LogP contribution in [0.1, 0.15) is 0 Å². The second-order valence-corrected chi connectivity index (χ2v) is 4.97. The van der Waals surface area contributed by atoms with Crippen molar-refractivity contribution in [2.45, 2.75) is 6.61 Å². The van der Waals surface area contributed by atoms with Gasteiger partial charge in [0.1, 0.15) is 11.6 Å². The average Bonchev–Trinajstić information content (AvgIpc) is 2.56. The van der Waals surface area contributed by atoms with Gasteiger partial charge in [-0.2, -0.15) is 13.8 Å². The second-order valence-electron chi connectivity index (χ2n) is 4.97. The van der Waals surface area contributed by atoms with Crippen LogP contribution in [0.15, 0.2) is 30.5 Å². The summed E-state index contributed by atoms with van der Waals surface area (Å²) in [6.45, 7) is -0.133. The van der Waals surface area contributed by atoms with Crippen LogP contribution in [0.5, 0.6) is 5.75 Å². The van der Waals surface area contributed by atoms with Crippen molar-refractivity contribution in [3.63, 3.8) is 0 Å². The summed E-state index contributed by atoms with van der Waals surface area (Å²) < 4.78 is 33.9. The number of anilines is 2. The normalized spacial score (nSPS) is 15.0. The third-order valence-electron chi connectivity index (χ3n) is 3.49. The minimum absolute atomic E-state index is 0.0909. The molecule has 0 spiro atoms. The van der Waals surface area contributed by atoms with Crippen LogP contribution in [-0.2, 0) is 4.74 Å². The number of halogens is 2. The van der Waals surface area contributed by atoms with E-state index in [1.54, 1.807) is 18.3 Å². The number of aromatic nitrogens is 2. The Morgan fingerprint density at radius 1 is 1.17 bits per heavy atom. The maximum Gasteiger partial charge on any atom is 0.387 e. The molecular weight excluding hydrogens is 306 g/mol. The molecule has 6 nitrogen and oxygen atoms in total. The van der Waals surface area contributed by atoms with Crippen molar-refractivity contribution >= 4 is 11.8 Å². The van der Waals surface area contributed by atoms with E-state index >= 15 is 0 Å². The third-order valence-corrected chi connectivity index (χ3v) is 3.49. The van der Waals surface area contributed by atoms with Gasteiger partial charge in [-0.3, -0.25) is 0 Å². The first-order valence-electron chi connectivity index (χ1n) is 7.14. The van der Waals surface area contributed by atoms with Gasteiger partial charge in [0.25, 0.3) is 0 Å². The maximum absolute atomic E-state index is 12.2. The number of nitrogens with zero attached hydrogens (tertiary/aromatic N) is 3. The molecule has 0 unspecified atom stereocenters. The molecule has 1 saturated heterocycles. The first kappa shape index (κ1) is 15.4. The molecule has 0 atom stereocenters. The lowest BCUT2D eigenvalue weighted by Crippen LogP contribution is -2.37. The Morgan fingerprint density at radius 2 is 1.87 bits per heavy atom. The lowest BCUT2D eigenvalue weighted by atomic mass is 10.1. The van der Waals surface area contributed by atoms with Crippen LogP contribution < -0.4 is 15.4 Å². The predicted molar refractivity (Wildman–Crippen MR) is 81.5 cm³/mol. The Kier molecular flexibility index (Phi) is 4.52. The van der Waals surface area contributed by atoms with Crippen LogP contribution in [-0.4, -0.2) is 42.9 Å². The summed E-state index contributed by atoms with van der Waals surface area (Å²) in [5, 5.41) is 0. The molecule has 0 saturated carbocycles. The van der Waals surface area contributed by atoms with E-state index in [4.69, 9.17) is 10.5 Å². The number of nitrogen functional groups attached to an aromatic ring is 1. The predicted octanol–water partition coefficient (Wildman–Crippen LogP) is 2.16. The van der Waals surface area contributed by atoms with Gasteiger partial charge in [-0.05, 0) is 17.7 Å². The van der Waals surface area contributed by atoms with E-state index in [0.717, 1.165) is 18.7 Å². The zero-order valence-corrected chi connectivity index (χ0v) is 12.3. The Hall–Kier alpha value is -2.48. The number of nitrogens with two attached hydrogens (primary N) is 1. The van der Waals surface area contributed by atoms with Gasteiger partial charge in [0.15, 0.2) is 0 Å². The van der Waals surface area contributed by atoms with Gasteiger partial charge < -0.3 is 20.1 Å². The largest absolute Gasteiger partial charge is 0.435 e. The Morgan fingerprint density at radius 3 is 2.48 bits per heavy atom.